The molecule has 88 valence electrons. The van der Waals surface area contributed by atoms with E-state index in [1.807, 2.05) is 0 Å². The Hall–Kier alpha value is -2.17. The Morgan fingerprint density at radius 3 is 2.65 bits per heavy atom. The van der Waals surface area contributed by atoms with Crippen LogP contribution in [-0.2, 0) is 6.54 Å². The summed E-state index contributed by atoms with van der Waals surface area (Å²) in [6.45, 7) is 2.30. The first kappa shape index (κ1) is 11.3. The van der Waals surface area contributed by atoms with Crippen molar-refractivity contribution in [2.75, 3.05) is 11.1 Å². The third-order valence-corrected chi connectivity index (χ3v) is 2.35. The molecule has 0 aliphatic carbocycles. The summed E-state index contributed by atoms with van der Waals surface area (Å²) in [4.78, 5) is 8.14. The maximum absolute atomic E-state index is 12.7. The van der Waals surface area contributed by atoms with Gasteiger partial charge in [-0.15, -0.1) is 0 Å². The lowest BCUT2D eigenvalue weighted by molar-refractivity contribution is 0.628. The van der Waals surface area contributed by atoms with Crippen molar-refractivity contribution in [3.63, 3.8) is 0 Å². The standard InChI is InChI=1S/C12H13FN4/c1-8-15-6-9(12(14)17-8)7-16-11-4-2-10(13)3-5-11/h2-6,16H,7H2,1H3,(H2,14,15,17). The number of hydrogen-bond donors (Lipinski definition) is 2. The fourth-order valence-electron chi connectivity index (χ4n) is 1.41. The second kappa shape index (κ2) is 4.78. The molecule has 0 bridgehead atoms. The van der Waals surface area contributed by atoms with E-state index < -0.39 is 0 Å². The van der Waals surface area contributed by atoms with E-state index in [2.05, 4.69) is 15.3 Å². The van der Waals surface area contributed by atoms with E-state index in [1.54, 1.807) is 25.3 Å². The van der Waals surface area contributed by atoms with Crippen molar-refractivity contribution in [3.05, 3.63) is 47.7 Å². The van der Waals surface area contributed by atoms with E-state index in [4.69, 9.17) is 5.73 Å². The van der Waals surface area contributed by atoms with Crippen molar-refractivity contribution < 1.29 is 4.39 Å². The lowest BCUT2D eigenvalue weighted by atomic mass is 10.2. The van der Waals surface area contributed by atoms with Crippen molar-refractivity contribution in [2.24, 2.45) is 0 Å². The van der Waals surface area contributed by atoms with Crippen LogP contribution in [0.25, 0.3) is 0 Å². The Labute approximate surface area is 98.7 Å². The highest BCUT2D eigenvalue weighted by Gasteiger charge is 2.01. The van der Waals surface area contributed by atoms with E-state index in [-0.39, 0.29) is 5.82 Å². The molecule has 0 saturated carbocycles. The van der Waals surface area contributed by atoms with E-state index in [0.29, 0.717) is 18.2 Å². The number of hydrogen-bond acceptors (Lipinski definition) is 4. The Balaban J connectivity index is 2.04. The van der Waals surface area contributed by atoms with Crippen LogP contribution in [0.2, 0.25) is 0 Å². The van der Waals surface area contributed by atoms with Gasteiger partial charge in [0.1, 0.15) is 17.5 Å². The topological polar surface area (TPSA) is 63.8 Å². The predicted molar refractivity (Wildman–Crippen MR) is 64.9 cm³/mol. The number of halogens is 1. The molecule has 0 aliphatic heterocycles. The summed E-state index contributed by atoms with van der Waals surface area (Å²) in [6.07, 6.45) is 1.69. The van der Waals surface area contributed by atoms with Crippen LogP contribution in [0.1, 0.15) is 11.4 Å². The van der Waals surface area contributed by atoms with E-state index in [0.717, 1.165) is 11.3 Å². The Morgan fingerprint density at radius 2 is 2.00 bits per heavy atom. The van der Waals surface area contributed by atoms with Crippen molar-refractivity contribution in [1.82, 2.24) is 9.97 Å². The number of aryl methyl sites for hydroxylation is 1. The summed E-state index contributed by atoms with van der Waals surface area (Å²) < 4.78 is 12.7. The summed E-state index contributed by atoms with van der Waals surface area (Å²) in [7, 11) is 0. The SMILES string of the molecule is Cc1ncc(CNc2ccc(F)cc2)c(N)n1. The Morgan fingerprint density at radius 1 is 1.29 bits per heavy atom. The number of nitrogen functional groups attached to an aromatic ring is 1. The van der Waals surface area contributed by atoms with Gasteiger partial charge < -0.3 is 11.1 Å². The average molecular weight is 232 g/mol. The van der Waals surface area contributed by atoms with Gasteiger partial charge in [-0.3, -0.25) is 0 Å². The minimum atomic E-state index is -0.256. The van der Waals surface area contributed by atoms with E-state index in [1.165, 1.54) is 12.1 Å². The maximum Gasteiger partial charge on any atom is 0.132 e. The molecular weight excluding hydrogens is 219 g/mol. The van der Waals surface area contributed by atoms with Gasteiger partial charge in [0.15, 0.2) is 0 Å². The van der Waals surface area contributed by atoms with Crippen LogP contribution in [0.3, 0.4) is 0 Å². The number of nitrogens with one attached hydrogen (secondary N) is 1. The molecule has 1 aromatic carbocycles. The second-order valence-corrected chi connectivity index (χ2v) is 3.69. The molecule has 4 nitrogen and oxygen atoms in total. The number of nitrogens with zero attached hydrogens (tertiary/aromatic N) is 2. The summed E-state index contributed by atoms with van der Waals surface area (Å²) in [5, 5.41) is 3.12. The van der Waals surface area contributed by atoms with Crippen molar-refractivity contribution in [3.8, 4) is 0 Å². The summed E-state index contributed by atoms with van der Waals surface area (Å²) in [5.41, 5.74) is 7.40. The monoisotopic (exact) mass is 232 g/mol. The molecule has 17 heavy (non-hydrogen) atoms. The van der Waals surface area contributed by atoms with Gasteiger partial charge in [0, 0.05) is 24.0 Å². The van der Waals surface area contributed by atoms with E-state index >= 15 is 0 Å². The highest BCUT2D eigenvalue weighted by Crippen LogP contribution is 2.12. The number of benzene rings is 1. The first-order valence-electron chi connectivity index (χ1n) is 5.22. The first-order chi connectivity index (χ1) is 8.15. The molecule has 0 radical (unpaired) electrons. The third kappa shape index (κ3) is 2.90. The molecule has 0 atom stereocenters. The smallest absolute Gasteiger partial charge is 0.132 e. The molecule has 1 heterocycles. The van der Waals surface area contributed by atoms with Crippen LogP contribution in [0.15, 0.2) is 30.5 Å². The van der Waals surface area contributed by atoms with Gasteiger partial charge in [-0.2, -0.15) is 0 Å². The van der Waals surface area contributed by atoms with Crippen LogP contribution in [0.5, 0.6) is 0 Å². The molecule has 3 N–H and O–H groups in total. The molecule has 5 heteroatoms. The van der Waals surface area contributed by atoms with Gasteiger partial charge in [0.25, 0.3) is 0 Å². The van der Waals surface area contributed by atoms with Gasteiger partial charge in [0.05, 0.1) is 0 Å². The molecule has 0 saturated heterocycles. The third-order valence-electron chi connectivity index (χ3n) is 2.35. The van der Waals surface area contributed by atoms with Crippen molar-refractivity contribution >= 4 is 11.5 Å². The molecule has 2 rings (SSSR count). The molecule has 0 unspecified atom stereocenters. The van der Waals surface area contributed by atoms with Gasteiger partial charge in [-0.05, 0) is 31.2 Å². The molecule has 0 amide bonds. The maximum atomic E-state index is 12.7. The Kier molecular flexibility index (Phi) is 3.18. The molecule has 1 aromatic heterocycles. The normalized spacial score (nSPS) is 10.2. The number of anilines is 2. The lowest BCUT2D eigenvalue weighted by Gasteiger charge is -2.08. The summed E-state index contributed by atoms with van der Waals surface area (Å²) in [6, 6.07) is 6.13. The number of nitrogens with two attached hydrogens (primary N) is 1. The second-order valence-electron chi connectivity index (χ2n) is 3.69. The summed E-state index contributed by atoms with van der Waals surface area (Å²) in [5.74, 6) is 0.855. The van der Waals surface area contributed by atoms with Crippen LogP contribution in [0.4, 0.5) is 15.9 Å². The quantitative estimate of drug-likeness (QED) is 0.850. The zero-order valence-corrected chi connectivity index (χ0v) is 9.44. The van der Waals surface area contributed by atoms with Crippen LogP contribution in [0, 0.1) is 12.7 Å². The Bertz CT molecular complexity index is 510. The number of aromatic nitrogens is 2. The fraction of sp³-hybridized carbons (Fsp3) is 0.167. The zero-order valence-electron chi connectivity index (χ0n) is 9.44. The van der Waals surface area contributed by atoms with Gasteiger partial charge in [-0.25, -0.2) is 14.4 Å². The molecule has 0 aliphatic rings. The van der Waals surface area contributed by atoms with Crippen LogP contribution >= 0.6 is 0 Å². The molecule has 0 spiro atoms. The molecular formula is C12H13FN4. The summed E-state index contributed by atoms with van der Waals surface area (Å²) >= 11 is 0. The van der Waals surface area contributed by atoms with E-state index in [9.17, 15) is 4.39 Å². The minimum absolute atomic E-state index is 0.256. The van der Waals surface area contributed by atoms with Gasteiger partial charge in [-0.1, -0.05) is 0 Å². The number of rotatable bonds is 3. The van der Waals surface area contributed by atoms with Crippen LogP contribution in [-0.4, -0.2) is 9.97 Å². The largest absolute Gasteiger partial charge is 0.383 e. The minimum Gasteiger partial charge on any atom is -0.383 e. The van der Waals surface area contributed by atoms with Crippen molar-refractivity contribution in [1.29, 1.82) is 0 Å². The fourth-order valence-corrected chi connectivity index (χ4v) is 1.41. The average Bonchev–Trinajstić information content (AvgIpc) is 2.30. The molecule has 2 aromatic rings. The highest BCUT2D eigenvalue weighted by molar-refractivity contribution is 5.46. The highest BCUT2D eigenvalue weighted by atomic mass is 19.1. The van der Waals surface area contributed by atoms with Gasteiger partial charge >= 0.3 is 0 Å². The van der Waals surface area contributed by atoms with Crippen LogP contribution < -0.4 is 11.1 Å². The van der Waals surface area contributed by atoms with Crippen molar-refractivity contribution in [2.45, 2.75) is 13.5 Å². The predicted octanol–water partition coefficient (Wildman–Crippen LogP) is 2.12. The van der Waals surface area contributed by atoms with Gasteiger partial charge in [0.2, 0.25) is 0 Å². The lowest BCUT2D eigenvalue weighted by Crippen LogP contribution is -2.06. The molecule has 0 fully saturated rings. The first-order valence-corrected chi connectivity index (χ1v) is 5.22. The zero-order chi connectivity index (χ0) is 12.3.